The minimum absolute atomic E-state index is 0.279. The zero-order chi connectivity index (χ0) is 19.1. The van der Waals surface area contributed by atoms with Gasteiger partial charge in [0.2, 0.25) is 0 Å². The molecule has 2 heterocycles. The molecule has 5 rings (SSSR count). The topological polar surface area (TPSA) is 65.7 Å². The van der Waals surface area contributed by atoms with Gasteiger partial charge in [-0.15, -0.1) is 0 Å². The van der Waals surface area contributed by atoms with Crippen molar-refractivity contribution in [3.63, 3.8) is 0 Å². The Labute approximate surface area is 168 Å². The third-order valence-corrected chi connectivity index (χ3v) is 7.46. The molecule has 0 radical (unpaired) electrons. The number of hydrogen-bond acceptors (Lipinski definition) is 5. The quantitative estimate of drug-likeness (QED) is 0.371. The van der Waals surface area contributed by atoms with Crippen molar-refractivity contribution in [1.29, 1.82) is 0 Å². The van der Waals surface area contributed by atoms with E-state index in [1.807, 2.05) is 29.7 Å². The summed E-state index contributed by atoms with van der Waals surface area (Å²) in [6, 6.07) is 14.0. The first-order valence-corrected chi connectivity index (χ1v) is 10.8. The molecule has 1 saturated carbocycles. The molecule has 1 saturated heterocycles. The summed E-state index contributed by atoms with van der Waals surface area (Å²) in [6.45, 7) is 0.855. The molecule has 1 amide bonds. The minimum atomic E-state index is -0.286. The van der Waals surface area contributed by atoms with Gasteiger partial charge in [-0.1, -0.05) is 37.5 Å². The molecule has 3 atom stereocenters. The number of amides is 1. The van der Waals surface area contributed by atoms with Crippen molar-refractivity contribution in [3.8, 4) is 0 Å². The van der Waals surface area contributed by atoms with Gasteiger partial charge in [0.05, 0.1) is 0 Å². The number of para-hydroxylation sites is 1. The van der Waals surface area contributed by atoms with E-state index >= 15 is 0 Å². The standard InChI is InChI=1S/C22H24N2O3S/c25-22(23-26)21-16-6-2-1-5-14(16)11-12-24(21)28-15-9-10-20-18(13-15)17-7-3-4-8-19(17)27-20/h3-4,7-10,13-14,16,21,26H,1-2,5-6,11-12H2,(H,23,25). The average Bonchev–Trinajstić information content (AvgIpc) is 3.11. The molecule has 6 heteroatoms. The number of hydroxylamine groups is 1. The maximum Gasteiger partial charge on any atom is 0.261 e. The van der Waals surface area contributed by atoms with E-state index in [9.17, 15) is 10.0 Å². The van der Waals surface area contributed by atoms with Gasteiger partial charge in [0.1, 0.15) is 17.2 Å². The highest BCUT2D eigenvalue weighted by Gasteiger charge is 2.43. The van der Waals surface area contributed by atoms with Crippen molar-refractivity contribution >= 4 is 39.8 Å². The lowest BCUT2D eigenvalue weighted by Gasteiger charge is -2.45. The summed E-state index contributed by atoms with van der Waals surface area (Å²) in [4.78, 5) is 13.6. The molecule has 2 N–H and O–H groups in total. The Bertz CT molecular complexity index is 1020. The van der Waals surface area contributed by atoms with Gasteiger partial charge in [-0.3, -0.25) is 10.0 Å². The van der Waals surface area contributed by atoms with Crippen LogP contribution < -0.4 is 5.48 Å². The Morgan fingerprint density at radius 2 is 1.89 bits per heavy atom. The van der Waals surface area contributed by atoms with Crippen molar-refractivity contribution in [1.82, 2.24) is 9.79 Å². The SMILES string of the molecule is O=C(NO)C1C2CCCCC2CCN1Sc1ccc2oc3ccccc3c2c1. The molecule has 1 aromatic heterocycles. The van der Waals surface area contributed by atoms with Crippen LogP contribution in [0.25, 0.3) is 21.9 Å². The lowest BCUT2D eigenvalue weighted by molar-refractivity contribution is -0.137. The molecule has 2 aromatic carbocycles. The van der Waals surface area contributed by atoms with E-state index in [0.717, 1.165) is 46.2 Å². The zero-order valence-corrected chi connectivity index (χ0v) is 16.5. The summed E-state index contributed by atoms with van der Waals surface area (Å²) in [7, 11) is 0. The summed E-state index contributed by atoms with van der Waals surface area (Å²) in [6.07, 6.45) is 5.80. The average molecular weight is 397 g/mol. The fourth-order valence-electron chi connectivity index (χ4n) is 5.05. The highest BCUT2D eigenvalue weighted by atomic mass is 32.2. The number of piperidine rings is 1. The molecule has 28 heavy (non-hydrogen) atoms. The Morgan fingerprint density at radius 3 is 2.79 bits per heavy atom. The predicted molar refractivity (Wildman–Crippen MR) is 110 cm³/mol. The van der Waals surface area contributed by atoms with Gasteiger partial charge in [-0.2, -0.15) is 0 Å². The van der Waals surface area contributed by atoms with Crippen LogP contribution in [0.5, 0.6) is 0 Å². The van der Waals surface area contributed by atoms with Crippen LogP contribution >= 0.6 is 11.9 Å². The fourth-order valence-corrected chi connectivity index (χ4v) is 6.18. The van der Waals surface area contributed by atoms with Crippen molar-refractivity contribution < 1.29 is 14.4 Å². The number of nitrogens with one attached hydrogen (secondary N) is 1. The maximum absolute atomic E-state index is 12.5. The summed E-state index contributed by atoms with van der Waals surface area (Å²) >= 11 is 1.62. The largest absolute Gasteiger partial charge is 0.456 e. The van der Waals surface area contributed by atoms with E-state index in [1.165, 1.54) is 19.3 Å². The van der Waals surface area contributed by atoms with Crippen LogP contribution in [0.4, 0.5) is 0 Å². The lowest BCUT2D eigenvalue weighted by Crippen LogP contribution is -2.54. The highest BCUT2D eigenvalue weighted by Crippen LogP contribution is 2.44. The van der Waals surface area contributed by atoms with Crippen LogP contribution in [-0.2, 0) is 4.79 Å². The van der Waals surface area contributed by atoms with Crippen LogP contribution in [0.1, 0.15) is 32.1 Å². The van der Waals surface area contributed by atoms with Gasteiger partial charge < -0.3 is 4.42 Å². The Hall–Kier alpha value is -2.02. The van der Waals surface area contributed by atoms with E-state index in [0.29, 0.717) is 11.8 Å². The summed E-state index contributed by atoms with van der Waals surface area (Å²) in [5.41, 5.74) is 3.69. The molecular weight excluding hydrogens is 372 g/mol. The van der Waals surface area contributed by atoms with Crippen LogP contribution in [0, 0.1) is 11.8 Å². The second kappa shape index (κ2) is 7.43. The van der Waals surface area contributed by atoms with Crippen molar-refractivity contribution in [2.24, 2.45) is 11.8 Å². The van der Waals surface area contributed by atoms with E-state index in [4.69, 9.17) is 4.42 Å². The smallest absolute Gasteiger partial charge is 0.261 e. The normalized spacial score (nSPS) is 25.7. The molecule has 1 aliphatic carbocycles. The molecule has 0 bridgehead atoms. The number of rotatable bonds is 3. The minimum Gasteiger partial charge on any atom is -0.456 e. The van der Waals surface area contributed by atoms with Gasteiger partial charge in [0.15, 0.2) is 0 Å². The third-order valence-electron chi connectivity index (χ3n) is 6.35. The molecule has 0 spiro atoms. The fraction of sp³-hybridized carbons (Fsp3) is 0.409. The van der Waals surface area contributed by atoms with Gasteiger partial charge >= 0.3 is 0 Å². The molecule has 2 fully saturated rings. The van der Waals surface area contributed by atoms with E-state index < -0.39 is 0 Å². The molecule has 1 aliphatic heterocycles. The van der Waals surface area contributed by atoms with Crippen molar-refractivity contribution in [3.05, 3.63) is 42.5 Å². The number of hydrogen-bond donors (Lipinski definition) is 2. The number of carbonyl (C=O) groups is 1. The maximum atomic E-state index is 12.5. The molecule has 5 nitrogen and oxygen atoms in total. The zero-order valence-electron chi connectivity index (χ0n) is 15.6. The van der Waals surface area contributed by atoms with Crippen LogP contribution in [-0.4, -0.2) is 28.0 Å². The molecule has 2 aliphatic rings. The molecule has 3 unspecified atom stereocenters. The summed E-state index contributed by atoms with van der Waals surface area (Å²) < 4.78 is 8.09. The first-order chi connectivity index (χ1) is 13.7. The number of carbonyl (C=O) groups excluding carboxylic acids is 1. The number of fused-ring (bicyclic) bond motifs is 4. The molecule has 3 aromatic rings. The Kier molecular flexibility index (Phi) is 4.78. The number of furan rings is 1. The van der Waals surface area contributed by atoms with Crippen LogP contribution in [0.2, 0.25) is 0 Å². The van der Waals surface area contributed by atoms with Gasteiger partial charge in [-0.05, 0) is 60.9 Å². The molecule has 146 valence electrons. The molecular formula is C22H24N2O3S. The Morgan fingerprint density at radius 1 is 1.07 bits per heavy atom. The van der Waals surface area contributed by atoms with E-state index in [2.05, 4.69) is 22.5 Å². The van der Waals surface area contributed by atoms with E-state index in [1.54, 1.807) is 11.9 Å². The van der Waals surface area contributed by atoms with Crippen molar-refractivity contribution in [2.45, 2.75) is 43.0 Å². The second-order valence-corrected chi connectivity index (χ2v) is 9.03. The summed E-state index contributed by atoms with van der Waals surface area (Å²) in [5.74, 6) is 0.632. The summed E-state index contributed by atoms with van der Waals surface area (Å²) in [5, 5.41) is 11.5. The Balaban J connectivity index is 1.46. The lowest BCUT2D eigenvalue weighted by atomic mass is 9.71. The van der Waals surface area contributed by atoms with E-state index in [-0.39, 0.29) is 11.9 Å². The third kappa shape index (κ3) is 3.09. The highest BCUT2D eigenvalue weighted by molar-refractivity contribution is 7.97. The van der Waals surface area contributed by atoms with Gasteiger partial charge in [-0.25, -0.2) is 9.79 Å². The van der Waals surface area contributed by atoms with Crippen LogP contribution in [0.3, 0.4) is 0 Å². The first-order valence-electron chi connectivity index (χ1n) is 10.0. The first kappa shape index (κ1) is 18.0. The van der Waals surface area contributed by atoms with Gasteiger partial charge in [0, 0.05) is 22.2 Å². The van der Waals surface area contributed by atoms with Gasteiger partial charge in [0.25, 0.3) is 5.91 Å². The van der Waals surface area contributed by atoms with Crippen molar-refractivity contribution in [2.75, 3.05) is 6.54 Å². The van der Waals surface area contributed by atoms with Crippen LogP contribution in [0.15, 0.2) is 51.8 Å². The predicted octanol–water partition coefficient (Wildman–Crippen LogP) is 4.98. The monoisotopic (exact) mass is 396 g/mol. The number of nitrogens with zero attached hydrogens (tertiary/aromatic N) is 1. The number of benzene rings is 2. The second-order valence-electron chi connectivity index (χ2n) is 7.91.